The Morgan fingerprint density at radius 3 is 2.74 bits per heavy atom. The van der Waals surface area contributed by atoms with Crippen LogP contribution in [0.15, 0.2) is 58.4 Å². The van der Waals surface area contributed by atoms with Crippen molar-refractivity contribution in [1.29, 1.82) is 0 Å². The van der Waals surface area contributed by atoms with E-state index in [0.29, 0.717) is 12.1 Å². The van der Waals surface area contributed by atoms with Gasteiger partial charge in [0.05, 0.1) is 11.9 Å². The molecule has 0 aromatic heterocycles. The standard InChI is InChI=1S/C23H26N2OS/c26-23(18-8-2-1-3-9-18)24-13-12-19-15-25-22-11-10-20(14-21(19)22)27-16-17-6-4-5-7-17/h1-3,8-11,14,17H,4-7,12-13,15-16H2,(H,24,26). The molecular formula is C23H26N2OS. The van der Waals surface area contributed by atoms with E-state index in [1.165, 1.54) is 47.1 Å². The van der Waals surface area contributed by atoms with Gasteiger partial charge in [0.15, 0.2) is 0 Å². The van der Waals surface area contributed by atoms with Gasteiger partial charge >= 0.3 is 0 Å². The topological polar surface area (TPSA) is 41.5 Å². The Labute approximate surface area is 165 Å². The zero-order valence-corrected chi connectivity index (χ0v) is 16.4. The van der Waals surface area contributed by atoms with Crippen LogP contribution in [0.1, 0.15) is 42.5 Å². The molecule has 0 atom stereocenters. The molecule has 1 heterocycles. The van der Waals surface area contributed by atoms with Crippen molar-refractivity contribution in [3.63, 3.8) is 0 Å². The summed E-state index contributed by atoms with van der Waals surface area (Å²) < 4.78 is 0. The molecule has 1 amide bonds. The van der Waals surface area contributed by atoms with Gasteiger partial charge in [-0.25, -0.2) is 0 Å². The molecule has 2 aromatic rings. The fourth-order valence-corrected chi connectivity index (χ4v) is 5.04. The third kappa shape index (κ3) is 4.62. The van der Waals surface area contributed by atoms with Crippen LogP contribution < -0.4 is 15.9 Å². The first-order valence-electron chi connectivity index (χ1n) is 9.92. The Morgan fingerprint density at radius 2 is 1.93 bits per heavy atom. The van der Waals surface area contributed by atoms with Gasteiger partial charge in [-0.2, -0.15) is 0 Å². The van der Waals surface area contributed by atoms with Crippen LogP contribution in [0.4, 0.5) is 0 Å². The second-order valence-corrected chi connectivity index (χ2v) is 8.53. The minimum absolute atomic E-state index is 0.00720. The lowest BCUT2D eigenvalue weighted by Crippen LogP contribution is -2.27. The van der Waals surface area contributed by atoms with Crippen LogP contribution in [0.5, 0.6) is 0 Å². The molecule has 1 N–H and O–H groups in total. The number of thioether (sulfide) groups is 1. The van der Waals surface area contributed by atoms with Crippen molar-refractivity contribution in [2.24, 2.45) is 10.9 Å². The zero-order valence-electron chi connectivity index (χ0n) is 15.6. The normalized spacial score (nSPS) is 16.2. The Bertz CT molecular complexity index is 917. The minimum Gasteiger partial charge on any atom is -0.352 e. The number of rotatable bonds is 7. The second-order valence-electron chi connectivity index (χ2n) is 7.43. The van der Waals surface area contributed by atoms with Gasteiger partial charge in [-0.15, -0.1) is 11.8 Å². The van der Waals surface area contributed by atoms with Crippen LogP contribution in [0.3, 0.4) is 0 Å². The highest BCUT2D eigenvalue weighted by atomic mass is 32.2. The van der Waals surface area contributed by atoms with E-state index in [2.05, 4.69) is 28.5 Å². The number of carbonyl (C=O) groups is 1. The highest BCUT2D eigenvalue weighted by Crippen LogP contribution is 2.30. The minimum atomic E-state index is -0.00720. The van der Waals surface area contributed by atoms with Gasteiger partial charge in [-0.3, -0.25) is 9.79 Å². The first-order chi connectivity index (χ1) is 13.3. The highest BCUT2D eigenvalue weighted by molar-refractivity contribution is 7.99. The molecule has 1 saturated carbocycles. The van der Waals surface area contributed by atoms with Crippen LogP contribution in [-0.4, -0.2) is 24.7 Å². The number of amides is 1. The van der Waals surface area contributed by atoms with E-state index >= 15 is 0 Å². The molecule has 4 rings (SSSR count). The molecule has 0 spiro atoms. The third-order valence-electron chi connectivity index (χ3n) is 5.50. The summed E-state index contributed by atoms with van der Waals surface area (Å²) in [4.78, 5) is 18.2. The first kappa shape index (κ1) is 18.3. The van der Waals surface area contributed by atoms with Crippen molar-refractivity contribution in [2.45, 2.75) is 37.0 Å². The Hall–Kier alpha value is -2.07. The summed E-state index contributed by atoms with van der Waals surface area (Å²) >= 11 is 1.99. The molecule has 0 saturated heterocycles. The molecular weight excluding hydrogens is 352 g/mol. The molecule has 0 unspecified atom stereocenters. The summed E-state index contributed by atoms with van der Waals surface area (Å²) in [6.07, 6.45) is 6.45. The predicted molar refractivity (Wildman–Crippen MR) is 112 cm³/mol. The number of nitrogens with zero attached hydrogens (tertiary/aromatic N) is 1. The second kappa shape index (κ2) is 8.75. The average molecular weight is 379 g/mol. The van der Waals surface area contributed by atoms with Crippen molar-refractivity contribution in [1.82, 2.24) is 5.32 Å². The van der Waals surface area contributed by atoms with Crippen molar-refractivity contribution >= 4 is 23.2 Å². The van der Waals surface area contributed by atoms with E-state index in [-0.39, 0.29) is 5.91 Å². The SMILES string of the molecule is O=C(NCCC1=c2cc(SCC3CCCC3)ccc2=NC1)c1ccccc1. The quantitative estimate of drug-likeness (QED) is 0.749. The molecule has 2 aliphatic rings. The van der Waals surface area contributed by atoms with Crippen molar-refractivity contribution < 1.29 is 4.79 Å². The van der Waals surface area contributed by atoms with Crippen LogP contribution in [0.2, 0.25) is 0 Å². The maximum absolute atomic E-state index is 12.2. The maximum atomic E-state index is 12.2. The predicted octanol–water partition coefficient (Wildman–Crippen LogP) is 3.57. The lowest BCUT2D eigenvalue weighted by atomic mass is 10.1. The smallest absolute Gasteiger partial charge is 0.251 e. The molecule has 2 aromatic carbocycles. The van der Waals surface area contributed by atoms with E-state index in [1.54, 1.807) is 0 Å². The Morgan fingerprint density at radius 1 is 1.11 bits per heavy atom. The van der Waals surface area contributed by atoms with Crippen molar-refractivity contribution in [3.8, 4) is 0 Å². The Kier molecular flexibility index (Phi) is 5.93. The van der Waals surface area contributed by atoms with E-state index < -0.39 is 0 Å². The molecule has 1 aliphatic heterocycles. The number of hydrogen-bond donors (Lipinski definition) is 1. The average Bonchev–Trinajstić information content (AvgIpc) is 3.37. The number of hydrogen-bond acceptors (Lipinski definition) is 3. The summed E-state index contributed by atoms with van der Waals surface area (Å²) in [5.41, 5.74) is 2.05. The van der Waals surface area contributed by atoms with Gasteiger partial charge in [0.2, 0.25) is 0 Å². The van der Waals surface area contributed by atoms with Crippen molar-refractivity contribution in [2.75, 3.05) is 18.8 Å². The molecule has 0 radical (unpaired) electrons. The van der Waals surface area contributed by atoms with Gasteiger partial charge in [-0.05, 0) is 61.1 Å². The van der Waals surface area contributed by atoms with E-state index in [9.17, 15) is 4.79 Å². The number of fused-ring (bicyclic) bond motifs is 1. The summed E-state index contributed by atoms with van der Waals surface area (Å²) in [6.45, 7) is 1.41. The monoisotopic (exact) mass is 378 g/mol. The molecule has 4 heteroatoms. The van der Waals surface area contributed by atoms with Crippen LogP contribution in [-0.2, 0) is 0 Å². The molecule has 0 bridgehead atoms. The van der Waals surface area contributed by atoms with Crippen LogP contribution in [0.25, 0.3) is 5.57 Å². The molecule has 3 nitrogen and oxygen atoms in total. The fourth-order valence-electron chi connectivity index (χ4n) is 3.92. The Balaban J connectivity index is 1.38. The maximum Gasteiger partial charge on any atom is 0.251 e. The summed E-state index contributed by atoms with van der Waals surface area (Å²) in [5.74, 6) is 2.12. The van der Waals surface area contributed by atoms with Gasteiger partial charge in [-0.1, -0.05) is 31.0 Å². The van der Waals surface area contributed by atoms with E-state index in [4.69, 9.17) is 0 Å². The van der Waals surface area contributed by atoms with Crippen LogP contribution >= 0.6 is 11.8 Å². The lowest BCUT2D eigenvalue weighted by molar-refractivity contribution is 0.0954. The zero-order chi connectivity index (χ0) is 18.5. The van der Waals surface area contributed by atoms with Gasteiger partial charge in [0.25, 0.3) is 5.91 Å². The van der Waals surface area contributed by atoms with Gasteiger partial charge in [0, 0.05) is 28.0 Å². The fraction of sp³-hybridized carbons (Fsp3) is 0.391. The lowest BCUT2D eigenvalue weighted by Gasteiger charge is -2.08. The highest BCUT2D eigenvalue weighted by Gasteiger charge is 2.15. The third-order valence-corrected chi connectivity index (χ3v) is 6.72. The number of benzene rings is 2. The molecule has 27 heavy (non-hydrogen) atoms. The van der Waals surface area contributed by atoms with Crippen LogP contribution in [0, 0.1) is 5.92 Å². The van der Waals surface area contributed by atoms with E-state index in [0.717, 1.165) is 24.2 Å². The van der Waals surface area contributed by atoms with Gasteiger partial charge < -0.3 is 5.32 Å². The summed E-state index contributed by atoms with van der Waals surface area (Å²) in [6, 6.07) is 16.1. The molecule has 1 fully saturated rings. The van der Waals surface area contributed by atoms with E-state index in [1.807, 2.05) is 42.1 Å². The van der Waals surface area contributed by atoms with Crippen molar-refractivity contribution in [3.05, 3.63) is 64.7 Å². The molecule has 140 valence electrons. The summed E-state index contributed by atoms with van der Waals surface area (Å²) in [5, 5.41) is 5.41. The molecule has 1 aliphatic carbocycles. The summed E-state index contributed by atoms with van der Waals surface area (Å²) in [7, 11) is 0. The largest absolute Gasteiger partial charge is 0.352 e. The number of nitrogens with one attached hydrogen (secondary N) is 1. The number of carbonyl (C=O) groups excluding carboxylic acids is 1. The first-order valence-corrected chi connectivity index (χ1v) is 10.9. The van der Waals surface area contributed by atoms with Gasteiger partial charge in [0.1, 0.15) is 0 Å².